The SMILES string of the molecule is CCN(C)/C=N\c1cc(C)c(Cc2ccc(C#N)cc2)cc1F. The Bertz CT molecular complexity index is 742. The smallest absolute Gasteiger partial charge is 0.149 e. The third-order valence-corrected chi connectivity index (χ3v) is 3.78. The van der Waals surface area contributed by atoms with Crippen LogP contribution >= 0.6 is 0 Å². The maximum Gasteiger partial charge on any atom is 0.149 e. The van der Waals surface area contributed by atoms with E-state index in [2.05, 4.69) is 11.1 Å². The normalized spacial score (nSPS) is 10.7. The van der Waals surface area contributed by atoms with Gasteiger partial charge < -0.3 is 4.90 Å². The van der Waals surface area contributed by atoms with Crippen molar-refractivity contribution in [1.29, 1.82) is 5.26 Å². The average molecular weight is 309 g/mol. The fraction of sp³-hybridized carbons (Fsp3) is 0.263. The summed E-state index contributed by atoms with van der Waals surface area (Å²) < 4.78 is 14.2. The maximum absolute atomic E-state index is 14.2. The second-order valence-electron chi connectivity index (χ2n) is 5.53. The van der Waals surface area contributed by atoms with E-state index in [1.165, 1.54) is 0 Å². The Morgan fingerprint density at radius 1 is 1.26 bits per heavy atom. The lowest BCUT2D eigenvalue weighted by molar-refractivity contribution is 0.551. The topological polar surface area (TPSA) is 39.4 Å². The van der Waals surface area contributed by atoms with Crippen LogP contribution in [0.5, 0.6) is 0 Å². The van der Waals surface area contributed by atoms with Gasteiger partial charge in [-0.15, -0.1) is 0 Å². The summed E-state index contributed by atoms with van der Waals surface area (Å²) in [4.78, 5) is 6.09. The Morgan fingerprint density at radius 2 is 1.96 bits per heavy atom. The highest BCUT2D eigenvalue weighted by Crippen LogP contribution is 2.24. The third-order valence-electron chi connectivity index (χ3n) is 3.78. The number of hydrogen-bond acceptors (Lipinski definition) is 2. The summed E-state index contributed by atoms with van der Waals surface area (Å²) in [6.45, 7) is 4.79. The predicted octanol–water partition coefficient (Wildman–Crippen LogP) is 4.21. The molecule has 0 aliphatic heterocycles. The van der Waals surface area contributed by atoms with Crippen LogP contribution in [0.2, 0.25) is 0 Å². The summed E-state index contributed by atoms with van der Waals surface area (Å²) in [5.41, 5.74) is 3.96. The highest BCUT2D eigenvalue weighted by molar-refractivity contribution is 5.62. The van der Waals surface area contributed by atoms with Crippen LogP contribution in [-0.2, 0) is 6.42 Å². The van der Waals surface area contributed by atoms with Crippen molar-refractivity contribution in [3.63, 3.8) is 0 Å². The number of nitriles is 1. The van der Waals surface area contributed by atoms with Crippen molar-refractivity contribution in [2.45, 2.75) is 20.3 Å². The molecular weight excluding hydrogens is 289 g/mol. The zero-order valence-corrected chi connectivity index (χ0v) is 13.7. The lowest BCUT2D eigenvalue weighted by atomic mass is 9.99. The van der Waals surface area contributed by atoms with Gasteiger partial charge >= 0.3 is 0 Å². The number of rotatable bonds is 5. The van der Waals surface area contributed by atoms with E-state index in [1.54, 1.807) is 30.6 Å². The van der Waals surface area contributed by atoms with Gasteiger partial charge in [-0.2, -0.15) is 5.26 Å². The monoisotopic (exact) mass is 309 g/mol. The van der Waals surface area contributed by atoms with Gasteiger partial charge in [0.15, 0.2) is 0 Å². The molecule has 23 heavy (non-hydrogen) atoms. The summed E-state index contributed by atoms with van der Waals surface area (Å²) in [7, 11) is 1.90. The molecule has 0 unspecified atom stereocenters. The molecule has 0 heterocycles. The molecule has 2 aromatic rings. The molecule has 0 aliphatic carbocycles. The minimum atomic E-state index is -0.319. The third kappa shape index (κ3) is 4.40. The van der Waals surface area contributed by atoms with Crippen molar-refractivity contribution in [3.8, 4) is 6.07 Å². The molecule has 0 bridgehead atoms. The van der Waals surface area contributed by atoms with E-state index in [9.17, 15) is 4.39 Å². The summed E-state index contributed by atoms with van der Waals surface area (Å²) in [5.74, 6) is -0.319. The molecule has 0 aliphatic rings. The lowest BCUT2D eigenvalue weighted by Gasteiger charge is -2.10. The van der Waals surface area contributed by atoms with Crippen molar-refractivity contribution < 1.29 is 4.39 Å². The highest BCUT2D eigenvalue weighted by atomic mass is 19.1. The molecule has 0 aromatic heterocycles. The Labute approximate surface area is 136 Å². The van der Waals surface area contributed by atoms with Gasteiger partial charge in [-0.3, -0.25) is 0 Å². The van der Waals surface area contributed by atoms with Crippen LogP contribution in [0.3, 0.4) is 0 Å². The molecule has 0 radical (unpaired) electrons. The molecule has 0 amide bonds. The van der Waals surface area contributed by atoms with E-state index in [4.69, 9.17) is 5.26 Å². The van der Waals surface area contributed by atoms with Crippen molar-refractivity contribution in [1.82, 2.24) is 4.90 Å². The number of aryl methyl sites for hydroxylation is 1. The Morgan fingerprint density at radius 3 is 2.57 bits per heavy atom. The van der Waals surface area contributed by atoms with Crippen molar-refractivity contribution in [3.05, 3.63) is 64.5 Å². The summed E-state index contributed by atoms with van der Waals surface area (Å²) in [6.07, 6.45) is 2.27. The van der Waals surface area contributed by atoms with Crippen molar-refractivity contribution >= 4 is 12.0 Å². The fourth-order valence-electron chi connectivity index (χ4n) is 2.16. The van der Waals surface area contributed by atoms with Gasteiger partial charge in [0.25, 0.3) is 0 Å². The summed E-state index contributed by atoms with van der Waals surface area (Å²) in [5, 5.41) is 8.82. The first-order valence-corrected chi connectivity index (χ1v) is 7.56. The number of benzene rings is 2. The average Bonchev–Trinajstić information content (AvgIpc) is 2.57. The minimum absolute atomic E-state index is 0.319. The van der Waals surface area contributed by atoms with Crippen LogP contribution in [0.1, 0.15) is 29.2 Å². The molecular formula is C19H20FN3. The van der Waals surface area contributed by atoms with Crippen LogP contribution in [0.25, 0.3) is 0 Å². The molecule has 0 atom stereocenters. The molecule has 3 nitrogen and oxygen atoms in total. The van der Waals surface area contributed by atoms with E-state index in [-0.39, 0.29) is 5.82 Å². The van der Waals surface area contributed by atoms with Gasteiger partial charge in [0, 0.05) is 13.6 Å². The van der Waals surface area contributed by atoms with E-state index < -0.39 is 0 Å². The highest BCUT2D eigenvalue weighted by Gasteiger charge is 2.08. The molecule has 2 rings (SSSR count). The molecule has 0 saturated heterocycles. The second-order valence-corrected chi connectivity index (χ2v) is 5.53. The first-order chi connectivity index (χ1) is 11.0. The molecule has 2 aromatic carbocycles. The van der Waals surface area contributed by atoms with Crippen molar-refractivity contribution in [2.24, 2.45) is 4.99 Å². The quantitative estimate of drug-likeness (QED) is 0.613. The number of halogens is 1. The molecule has 0 fully saturated rings. The summed E-state index contributed by atoms with van der Waals surface area (Å²) in [6, 6.07) is 12.8. The van der Waals surface area contributed by atoms with Crippen molar-refractivity contribution in [2.75, 3.05) is 13.6 Å². The van der Waals surface area contributed by atoms with Gasteiger partial charge in [0.1, 0.15) is 11.5 Å². The Balaban J connectivity index is 2.22. The first kappa shape index (κ1) is 16.7. The minimum Gasteiger partial charge on any atom is -0.366 e. The van der Waals surface area contributed by atoms with Crippen LogP contribution < -0.4 is 0 Å². The number of hydrogen-bond donors (Lipinski definition) is 0. The van der Waals surface area contributed by atoms with Gasteiger partial charge in [-0.05, 0) is 61.2 Å². The zero-order chi connectivity index (χ0) is 16.8. The van der Waals surface area contributed by atoms with Crippen LogP contribution in [0, 0.1) is 24.1 Å². The lowest BCUT2D eigenvalue weighted by Crippen LogP contribution is -2.14. The van der Waals surface area contributed by atoms with Gasteiger partial charge in [0.2, 0.25) is 0 Å². The summed E-state index contributed by atoms with van der Waals surface area (Å²) >= 11 is 0. The van der Waals surface area contributed by atoms with Crippen LogP contribution in [-0.4, -0.2) is 24.8 Å². The van der Waals surface area contributed by atoms with Crippen LogP contribution in [0.15, 0.2) is 41.4 Å². The van der Waals surface area contributed by atoms with E-state index in [0.29, 0.717) is 17.7 Å². The van der Waals surface area contributed by atoms with Gasteiger partial charge in [-0.1, -0.05) is 12.1 Å². The maximum atomic E-state index is 14.2. The fourth-order valence-corrected chi connectivity index (χ4v) is 2.16. The van der Waals surface area contributed by atoms with Gasteiger partial charge in [0.05, 0.1) is 18.0 Å². The second kappa shape index (κ2) is 7.55. The zero-order valence-electron chi connectivity index (χ0n) is 13.7. The molecule has 4 heteroatoms. The Kier molecular flexibility index (Phi) is 5.48. The number of nitrogens with zero attached hydrogens (tertiary/aromatic N) is 3. The number of aliphatic imine (C=N–C) groups is 1. The Hall–Kier alpha value is -2.67. The molecule has 0 N–H and O–H groups in total. The van der Waals surface area contributed by atoms with Gasteiger partial charge in [-0.25, -0.2) is 9.38 Å². The molecule has 0 saturated carbocycles. The molecule has 118 valence electrons. The first-order valence-electron chi connectivity index (χ1n) is 7.56. The molecule has 0 spiro atoms. The standard InChI is InChI=1S/C19H20FN3/c1-4-23(3)13-22-19-9-14(2)17(11-18(19)20)10-15-5-7-16(12-21)8-6-15/h5-9,11,13H,4,10H2,1-3H3/b22-13-. The van der Waals surface area contributed by atoms with E-state index in [1.807, 2.05) is 37.9 Å². The predicted molar refractivity (Wildman–Crippen MR) is 91.6 cm³/mol. The van der Waals surface area contributed by atoms with Crippen LogP contribution in [0.4, 0.5) is 10.1 Å². The largest absolute Gasteiger partial charge is 0.366 e. The van der Waals surface area contributed by atoms with E-state index in [0.717, 1.165) is 23.2 Å². The van der Waals surface area contributed by atoms with E-state index >= 15 is 0 Å².